The third-order valence-corrected chi connectivity index (χ3v) is 6.34. The molecule has 0 saturated heterocycles. The molecule has 3 rings (SSSR count). The predicted octanol–water partition coefficient (Wildman–Crippen LogP) is 2.83. The monoisotopic (exact) mass is 471 g/mol. The molecule has 0 fully saturated rings. The largest absolute Gasteiger partial charge is 0.493 e. The van der Waals surface area contributed by atoms with E-state index < -0.39 is 28.1 Å². The minimum atomic E-state index is -4.14. The minimum absolute atomic E-state index is 0.0506. The van der Waals surface area contributed by atoms with E-state index in [1.54, 1.807) is 48.5 Å². The molecule has 0 aliphatic heterocycles. The lowest BCUT2D eigenvalue weighted by Gasteiger charge is -2.23. The molecule has 0 bridgehead atoms. The average molecular weight is 472 g/mol. The molecule has 174 valence electrons. The number of ether oxygens (including phenoxy) is 3. The van der Waals surface area contributed by atoms with Crippen LogP contribution in [0.5, 0.6) is 11.5 Å². The molecule has 0 aromatic heterocycles. The third-order valence-electron chi connectivity index (χ3n) is 4.88. The quantitative estimate of drug-likeness (QED) is 0.438. The molecule has 8 nitrogen and oxygen atoms in total. The molecule has 33 heavy (non-hydrogen) atoms. The van der Waals surface area contributed by atoms with Crippen LogP contribution in [0.4, 0.5) is 0 Å². The van der Waals surface area contributed by atoms with Gasteiger partial charge in [0.2, 0.25) is 10.0 Å². The summed E-state index contributed by atoms with van der Waals surface area (Å²) in [5.74, 6) is -0.196. The predicted molar refractivity (Wildman–Crippen MR) is 121 cm³/mol. The summed E-state index contributed by atoms with van der Waals surface area (Å²) in [5.41, 5.74) is 0.959. The van der Waals surface area contributed by atoms with Crippen molar-refractivity contribution in [2.75, 3.05) is 14.2 Å². The molecule has 3 aromatic rings. The number of rotatable bonds is 10. The van der Waals surface area contributed by atoms with Crippen molar-refractivity contribution >= 4 is 16.0 Å². The molecule has 2 atom stereocenters. The summed E-state index contributed by atoms with van der Waals surface area (Å²) in [4.78, 5) is 12.9. The zero-order chi connectivity index (χ0) is 23.8. The Morgan fingerprint density at radius 3 is 2.12 bits per heavy atom. The van der Waals surface area contributed by atoms with Crippen molar-refractivity contribution in [1.82, 2.24) is 4.72 Å². The molecule has 0 saturated carbocycles. The number of aliphatic hydroxyl groups is 1. The maximum absolute atomic E-state index is 13.0. The van der Waals surface area contributed by atoms with Gasteiger partial charge in [-0.15, -0.1) is 0 Å². The second-order valence-electron chi connectivity index (χ2n) is 7.06. The van der Waals surface area contributed by atoms with Crippen molar-refractivity contribution in [2.24, 2.45) is 0 Å². The molecule has 9 heteroatoms. The van der Waals surface area contributed by atoms with Gasteiger partial charge < -0.3 is 19.3 Å². The SMILES string of the molecule is COc1ccc(C(O)C(NS(=O)(=O)c2ccccc2)C(=O)OCc2ccccc2)cc1OC. The standard InChI is InChI=1S/C24H25NO7S/c1-30-20-14-13-18(15-21(20)31-2)23(26)22(24(27)32-16-17-9-5-3-6-10-17)25-33(28,29)19-11-7-4-8-12-19/h3-15,22-23,25-26H,16H2,1-2H3. The lowest BCUT2D eigenvalue weighted by molar-refractivity contribution is -0.150. The van der Waals surface area contributed by atoms with Gasteiger partial charge in [-0.1, -0.05) is 54.6 Å². The highest BCUT2D eigenvalue weighted by molar-refractivity contribution is 7.89. The summed E-state index contributed by atoms with van der Waals surface area (Å²) in [6, 6.07) is 19.4. The van der Waals surface area contributed by atoms with Gasteiger partial charge >= 0.3 is 5.97 Å². The van der Waals surface area contributed by atoms with E-state index in [1.165, 1.54) is 38.5 Å². The first-order valence-electron chi connectivity index (χ1n) is 10.0. The zero-order valence-electron chi connectivity index (χ0n) is 18.2. The van der Waals surface area contributed by atoms with Gasteiger partial charge in [-0.25, -0.2) is 8.42 Å². The molecule has 0 aliphatic rings. The van der Waals surface area contributed by atoms with E-state index in [4.69, 9.17) is 14.2 Å². The van der Waals surface area contributed by atoms with Gasteiger partial charge in [0.25, 0.3) is 0 Å². The number of nitrogens with one attached hydrogen (secondary N) is 1. The highest BCUT2D eigenvalue weighted by Gasteiger charge is 2.34. The first-order chi connectivity index (χ1) is 15.9. The molecule has 2 N–H and O–H groups in total. The molecule has 0 heterocycles. The second-order valence-corrected chi connectivity index (χ2v) is 8.78. The molecule has 0 amide bonds. The smallest absolute Gasteiger partial charge is 0.327 e. The van der Waals surface area contributed by atoms with Crippen LogP contribution in [0.3, 0.4) is 0 Å². The number of hydrogen-bond acceptors (Lipinski definition) is 7. The molecule has 0 aliphatic carbocycles. The number of hydrogen-bond donors (Lipinski definition) is 2. The number of carbonyl (C=O) groups excluding carboxylic acids is 1. The minimum Gasteiger partial charge on any atom is -0.493 e. The van der Waals surface area contributed by atoms with E-state index in [1.807, 2.05) is 6.07 Å². The maximum atomic E-state index is 13.0. The zero-order valence-corrected chi connectivity index (χ0v) is 19.0. The summed E-state index contributed by atoms with van der Waals surface area (Å²) in [7, 11) is -1.24. The van der Waals surface area contributed by atoms with Gasteiger partial charge in [0, 0.05) is 0 Å². The van der Waals surface area contributed by atoms with Crippen molar-refractivity contribution in [2.45, 2.75) is 23.6 Å². The van der Waals surface area contributed by atoms with Gasteiger partial charge in [0.05, 0.1) is 19.1 Å². The van der Waals surface area contributed by atoms with Crippen LogP contribution in [-0.4, -0.2) is 39.8 Å². The number of aliphatic hydroxyl groups excluding tert-OH is 1. The fourth-order valence-corrected chi connectivity index (χ4v) is 4.33. The number of esters is 1. The number of carbonyl (C=O) groups is 1. The number of methoxy groups -OCH3 is 2. The maximum Gasteiger partial charge on any atom is 0.327 e. The average Bonchev–Trinajstić information content (AvgIpc) is 2.86. The van der Waals surface area contributed by atoms with Crippen molar-refractivity contribution in [1.29, 1.82) is 0 Å². The topological polar surface area (TPSA) is 111 Å². The normalized spacial score (nSPS) is 13.1. The van der Waals surface area contributed by atoms with Crippen LogP contribution in [0.15, 0.2) is 83.8 Å². The first-order valence-corrected chi connectivity index (χ1v) is 11.5. The van der Waals surface area contributed by atoms with Crippen LogP contribution in [0.25, 0.3) is 0 Å². The van der Waals surface area contributed by atoms with Gasteiger partial charge in [-0.05, 0) is 35.4 Å². The van der Waals surface area contributed by atoms with Gasteiger partial charge in [0.15, 0.2) is 11.5 Å². The van der Waals surface area contributed by atoms with Gasteiger partial charge in [0.1, 0.15) is 18.8 Å². The van der Waals surface area contributed by atoms with Crippen LogP contribution >= 0.6 is 0 Å². The summed E-state index contributed by atoms with van der Waals surface area (Å²) in [6.45, 7) is -0.0815. The van der Waals surface area contributed by atoms with Crippen LogP contribution < -0.4 is 14.2 Å². The van der Waals surface area contributed by atoms with E-state index in [2.05, 4.69) is 4.72 Å². The van der Waals surface area contributed by atoms with E-state index in [9.17, 15) is 18.3 Å². The Hall–Kier alpha value is -3.40. The molecular formula is C24H25NO7S. The van der Waals surface area contributed by atoms with E-state index >= 15 is 0 Å². The fraction of sp³-hybridized carbons (Fsp3) is 0.208. The lowest BCUT2D eigenvalue weighted by Crippen LogP contribution is -2.45. The summed E-state index contributed by atoms with van der Waals surface area (Å²) >= 11 is 0. The number of benzene rings is 3. The Morgan fingerprint density at radius 1 is 0.909 bits per heavy atom. The highest BCUT2D eigenvalue weighted by Crippen LogP contribution is 2.31. The molecule has 0 radical (unpaired) electrons. The lowest BCUT2D eigenvalue weighted by atomic mass is 10.0. The Labute approximate surface area is 192 Å². The second kappa shape index (κ2) is 11.0. The van der Waals surface area contributed by atoms with Crippen LogP contribution in [-0.2, 0) is 26.2 Å². The third kappa shape index (κ3) is 6.10. The van der Waals surface area contributed by atoms with Gasteiger partial charge in [-0.3, -0.25) is 4.79 Å². The number of sulfonamides is 1. The van der Waals surface area contributed by atoms with Crippen LogP contribution in [0.1, 0.15) is 17.2 Å². The fourth-order valence-electron chi connectivity index (χ4n) is 3.12. The summed E-state index contributed by atoms with van der Waals surface area (Å²) in [5, 5.41) is 11.0. The van der Waals surface area contributed by atoms with Crippen molar-refractivity contribution < 1.29 is 32.5 Å². The Balaban J connectivity index is 1.91. The Bertz CT molecular complexity index is 1170. The molecule has 3 aromatic carbocycles. The summed E-state index contributed by atoms with van der Waals surface area (Å²) < 4.78 is 43.9. The molecule has 2 unspecified atom stereocenters. The molecule has 0 spiro atoms. The van der Waals surface area contributed by atoms with Crippen molar-refractivity contribution in [3.8, 4) is 11.5 Å². The molecular weight excluding hydrogens is 446 g/mol. The van der Waals surface area contributed by atoms with Gasteiger partial charge in [-0.2, -0.15) is 4.72 Å². The van der Waals surface area contributed by atoms with Crippen LogP contribution in [0, 0.1) is 0 Å². The Morgan fingerprint density at radius 2 is 1.52 bits per heavy atom. The first kappa shape index (κ1) is 24.2. The highest BCUT2D eigenvalue weighted by atomic mass is 32.2. The van der Waals surface area contributed by atoms with E-state index in [0.29, 0.717) is 11.5 Å². The van der Waals surface area contributed by atoms with Crippen LogP contribution in [0.2, 0.25) is 0 Å². The van der Waals surface area contributed by atoms with E-state index in [-0.39, 0.29) is 17.1 Å². The Kier molecular flexibility index (Phi) is 8.05. The van der Waals surface area contributed by atoms with Crippen molar-refractivity contribution in [3.63, 3.8) is 0 Å². The van der Waals surface area contributed by atoms with Crippen molar-refractivity contribution in [3.05, 3.63) is 90.0 Å². The van der Waals surface area contributed by atoms with E-state index in [0.717, 1.165) is 5.56 Å². The summed E-state index contributed by atoms with van der Waals surface area (Å²) in [6.07, 6.45) is -1.56.